The van der Waals surface area contributed by atoms with Crippen molar-refractivity contribution < 1.29 is 4.74 Å². The number of unbranched alkanes of at least 4 members (excludes halogenated alkanes) is 5. The molecule has 1 rings (SSSR count). The number of rotatable bonds is 10. The van der Waals surface area contributed by atoms with Crippen LogP contribution in [-0.2, 0) is 6.54 Å². The minimum atomic E-state index is 0. The Morgan fingerprint density at radius 1 is 1.09 bits per heavy atom. The zero-order chi connectivity index (χ0) is 15.2. The number of halogens is 1. The van der Waals surface area contributed by atoms with Crippen molar-refractivity contribution in [3.8, 4) is 17.6 Å². The second-order valence-electron chi connectivity index (χ2n) is 5.14. The predicted molar refractivity (Wildman–Crippen MR) is 96.0 cm³/mol. The Morgan fingerprint density at radius 2 is 1.86 bits per heavy atom. The molecule has 0 amide bonds. The zero-order valence-electron chi connectivity index (χ0n) is 13.6. The lowest BCUT2D eigenvalue weighted by Gasteiger charge is -2.06. The number of benzene rings is 1. The lowest BCUT2D eigenvalue weighted by molar-refractivity contribution is 0.312. The van der Waals surface area contributed by atoms with Gasteiger partial charge < -0.3 is 4.74 Å². The molecule has 124 valence electrons. The Hall–Kier alpha value is -1.21. The largest absolute Gasteiger partial charge is 0.494 e. The third-order valence-corrected chi connectivity index (χ3v) is 3.20. The number of nitrogens with one attached hydrogen (secondary N) is 1. The number of ether oxygens (including phenoxy) is 1. The van der Waals surface area contributed by atoms with E-state index in [2.05, 4.69) is 24.2 Å². The number of nitrogens with two attached hydrogens (primary N) is 1. The van der Waals surface area contributed by atoms with Gasteiger partial charge in [-0.2, -0.15) is 0 Å². The fourth-order valence-corrected chi connectivity index (χ4v) is 2.03. The van der Waals surface area contributed by atoms with Crippen LogP contribution < -0.4 is 16.0 Å². The quantitative estimate of drug-likeness (QED) is 0.293. The Labute approximate surface area is 141 Å². The highest BCUT2D eigenvalue weighted by atomic mass is 35.5. The first kappa shape index (κ1) is 20.8. The first-order valence-electron chi connectivity index (χ1n) is 7.97. The summed E-state index contributed by atoms with van der Waals surface area (Å²) >= 11 is 0. The molecule has 1 aromatic rings. The molecule has 0 unspecified atom stereocenters. The van der Waals surface area contributed by atoms with Crippen LogP contribution >= 0.6 is 12.4 Å². The first-order valence-corrected chi connectivity index (χ1v) is 7.97. The third kappa shape index (κ3) is 10.5. The standard InChI is InChI=1S/C18H28N2O.ClH/c1-2-3-4-5-6-7-8-9-10-14-21-18-13-11-12-17(15-18)16-20-19;/h11-13,15,20H,2-6,9-10,14,16,19H2,1H3;1H. The van der Waals surface area contributed by atoms with Gasteiger partial charge in [0.1, 0.15) is 5.75 Å². The smallest absolute Gasteiger partial charge is 0.119 e. The number of hydrazine groups is 1. The van der Waals surface area contributed by atoms with Crippen LogP contribution in [0.4, 0.5) is 0 Å². The Morgan fingerprint density at radius 3 is 2.59 bits per heavy atom. The van der Waals surface area contributed by atoms with Crippen molar-refractivity contribution in [3.63, 3.8) is 0 Å². The van der Waals surface area contributed by atoms with E-state index in [1.54, 1.807) is 0 Å². The van der Waals surface area contributed by atoms with Gasteiger partial charge >= 0.3 is 0 Å². The van der Waals surface area contributed by atoms with Gasteiger partial charge in [0.05, 0.1) is 6.61 Å². The van der Waals surface area contributed by atoms with E-state index in [1.165, 1.54) is 25.7 Å². The van der Waals surface area contributed by atoms with Crippen LogP contribution in [0.15, 0.2) is 24.3 Å². The normalized spacial score (nSPS) is 9.55. The Bertz CT molecular complexity index is 440. The van der Waals surface area contributed by atoms with Gasteiger partial charge in [0.15, 0.2) is 0 Å². The summed E-state index contributed by atoms with van der Waals surface area (Å²) in [5.74, 6) is 12.7. The van der Waals surface area contributed by atoms with Crippen LogP contribution in [-0.4, -0.2) is 6.61 Å². The van der Waals surface area contributed by atoms with Crippen LogP contribution in [0.25, 0.3) is 0 Å². The topological polar surface area (TPSA) is 47.3 Å². The van der Waals surface area contributed by atoms with Gasteiger partial charge in [0.2, 0.25) is 0 Å². The fourth-order valence-electron chi connectivity index (χ4n) is 2.03. The minimum Gasteiger partial charge on any atom is -0.494 e. The molecule has 22 heavy (non-hydrogen) atoms. The molecule has 0 aliphatic rings. The Kier molecular flexibility index (Phi) is 13.9. The van der Waals surface area contributed by atoms with Crippen molar-refractivity contribution in [1.29, 1.82) is 0 Å². The van der Waals surface area contributed by atoms with E-state index < -0.39 is 0 Å². The van der Waals surface area contributed by atoms with Crippen LogP contribution in [0, 0.1) is 11.8 Å². The average molecular weight is 325 g/mol. The van der Waals surface area contributed by atoms with Gasteiger partial charge in [-0.3, -0.25) is 11.3 Å². The summed E-state index contributed by atoms with van der Waals surface area (Å²) in [5.41, 5.74) is 3.77. The summed E-state index contributed by atoms with van der Waals surface area (Å²) in [6.45, 7) is 3.60. The molecule has 0 spiro atoms. The minimum absolute atomic E-state index is 0. The summed E-state index contributed by atoms with van der Waals surface area (Å²) in [4.78, 5) is 0. The SMILES string of the molecule is CCCCCCC#CCCCOc1cccc(CNN)c1.Cl. The van der Waals surface area contributed by atoms with Crippen molar-refractivity contribution in [2.75, 3.05) is 6.61 Å². The Balaban J connectivity index is 0.00000441. The fraction of sp³-hybridized carbons (Fsp3) is 0.556. The molecule has 0 bridgehead atoms. The van der Waals surface area contributed by atoms with E-state index in [0.717, 1.165) is 30.6 Å². The average Bonchev–Trinajstić information content (AvgIpc) is 2.50. The van der Waals surface area contributed by atoms with Crippen molar-refractivity contribution in [1.82, 2.24) is 5.43 Å². The summed E-state index contributed by atoms with van der Waals surface area (Å²) < 4.78 is 5.72. The molecule has 0 aromatic heterocycles. The molecule has 4 heteroatoms. The second kappa shape index (κ2) is 14.7. The van der Waals surface area contributed by atoms with Crippen LogP contribution in [0.2, 0.25) is 0 Å². The highest BCUT2D eigenvalue weighted by Crippen LogP contribution is 2.13. The van der Waals surface area contributed by atoms with Gasteiger partial charge in [0, 0.05) is 19.4 Å². The molecule has 0 saturated heterocycles. The maximum Gasteiger partial charge on any atom is 0.119 e. The van der Waals surface area contributed by atoms with E-state index in [0.29, 0.717) is 13.2 Å². The summed E-state index contributed by atoms with van der Waals surface area (Å²) in [6.07, 6.45) is 8.08. The van der Waals surface area contributed by atoms with Gasteiger partial charge in [0.25, 0.3) is 0 Å². The number of hydrogen-bond acceptors (Lipinski definition) is 3. The molecule has 0 aliphatic heterocycles. The van der Waals surface area contributed by atoms with Crippen molar-refractivity contribution >= 4 is 12.4 Å². The number of hydrogen-bond donors (Lipinski definition) is 2. The monoisotopic (exact) mass is 324 g/mol. The molecular weight excluding hydrogens is 296 g/mol. The van der Waals surface area contributed by atoms with Gasteiger partial charge in [-0.05, 0) is 30.5 Å². The van der Waals surface area contributed by atoms with Gasteiger partial charge in [-0.1, -0.05) is 38.3 Å². The van der Waals surface area contributed by atoms with E-state index in [9.17, 15) is 0 Å². The molecule has 1 aromatic carbocycles. The lowest BCUT2D eigenvalue weighted by atomic mass is 10.1. The summed E-state index contributed by atoms with van der Waals surface area (Å²) in [6, 6.07) is 7.99. The van der Waals surface area contributed by atoms with Crippen molar-refractivity contribution in [2.45, 2.75) is 58.4 Å². The first-order chi connectivity index (χ1) is 10.4. The third-order valence-electron chi connectivity index (χ3n) is 3.20. The zero-order valence-corrected chi connectivity index (χ0v) is 14.4. The van der Waals surface area contributed by atoms with Gasteiger partial charge in [-0.25, -0.2) is 0 Å². The van der Waals surface area contributed by atoms with E-state index in [-0.39, 0.29) is 12.4 Å². The highest BCUT2D eigenvalue weighted by molar-refractivity contribution is 5.85. The van der Waals surface area contributed by atoms with Crippen molar-refractivity contribution in [2.24, 2.45) is 5.84 Å². The maximum absolute atomic E-state index is 5.72. The highest BCUT2D eigenvalue weighted by Gasteiger charge is 1.96. The summed E-state index contributed by atoms with van der Waals surface area (Å²) in [7, 11) is 0. The second-order valence-corrected chi connectivity index (χ2v) is 5.14. The predicted octanol–water partition coefficient (Wildman–Crippen LogP) is 4.20. The van der Waals surface area contributed by atoms with E-state index >= 15 is 0 Å². The summed E-state index contributed by atoms with van der Waals surface area (Å²) in [5, 5.41) is 0. The molecule has 0 atom stereocenters. The molecule has 3 N–H and O–H groups in total. The van der Waals surface area contributed by atoms with Crippen molar-refractivity contribution in [3.05, 3.63) is 29.8 Å². The molecule has 0 saturated carbocycles. The van der Waals surface area contributed by atoms with Crippen LogP contribution in [0.3, 0.4) is 0 Å². The molecule has 3 nitrogen and oxygen atoms in total. The maximum atomic E-state index is 5.72. The molecule has 0 heterocycles. The lowest BCUT2D eigenvalue weighted by Crippen LogP contribution is -2.20. The van der Waals surface area contributed by atoms with Crippen LogP contribution in [0.1, 0.15) is 57.4 Å². The van der Waals surface area contributed by atoms with Gasteiger partial charge in [-0.15, -0.1) is 24.2 Å². The molecule has 0 radical (unpaired) electrons. The van der Waals surface area contributed by atoms with E-state index in [4.69, 9.17) is 10.6 Å². The molecule has 0 aliphatic carbocycles. The molecular formula is C18H29ClN2O. The van der Waals surface area contributed by atoms with Crippen LogP contribution in [0.5, 0.6) is 5.75 Å². The van der Waals surface area contributed by atoms with E-state index in [1.807, 2.05) is 24.3 Å². The molecule has 0 fully saturated rings.